The topological polar surface area (TPSA) is 0 Å². The third-order valence-corrected chi connectivity index (χ3v) is 12.3. The zero-order valence-corrected chi connectivity index (χ0v) is 19.6. The molecule has 1 heteroatoms. The molecule has 0 aliphatic heterocycles. The van der Waals surface area contributed by atoms with Crippen molar-refractivity contribution in [1.29, 1.82) is 0 Å². The van der Waals surface area contributed by atoms with Gasteiger partial charge in [-0.3, -0.25) is 0 Å². The Kier molecular flexibility index (Phi) is 5.08. The quantitative estimate of drug-likeness (QED) is 0.340. The summed E-state index contributed by atoms with van der Waals surface area (Å²) in [4.78, 5) is 0. The Labute approximate surface area is 161 Å². The van der Waals surface area contributed by atoms with Crippen LogP contribution in [0.3, 0.4) is 0 Å². The first-order valence-electron chi connectivity index (χ1n) is 8.68. The molecule has 0 fully saturated rings. The van der Waals surface area contributed by atoms with Gasteiger partial charge in [0.25, 0.3) is 0 Å². The van der Waals surface area contributed by atoms with E-state index in [4.69, 9.17) is 0 Å². The molecule has 0 saturated heterocycles. The Morgan fingerprint density at radius 1 is 0.360 bits per heavy atom. The van der Waals surface area contributed by atoms with Gasteiger partial charge in [-0.15, -0.1) is 0 Å². The first-order valence-corrected chi connectivity index (χ1v) is 14.2. The van der Waals surface area contributed by atoms with Crippen LogP contribution >= 0.6 is 0 Å². The van der Waals surface area contributed by atoms with E-state index >= 15 is 0 Å². The van der Waals surface area contributed by atoms with E-state index in [1.165, 1.54) is 22.3 Å². The van der Waals surface area contributed by atoms with Crippen molar-refractivity contribution in [3.63, 3.8) is 0 Å². The second-order valence-corrected chi connectivity index (χ2v) is 13.5. The molecule has 0 aromatic heterocycles. The van der Waals surface area contributed by atoms with Crippen molar-refractivity contribution in [3.8, 4) is 22.3 Å². The molecule has 0 aliphatic carbocycles. The van der Waals surface area contributed by atoms with Gasteiger partial charge in [0.2, 0.25) is 0 Å². The second kappa shape index (κ2) is 7.80. The monoisotopic (exact) mass is 508 g/mol. The van der Waals surface area contributed by atoms with E-state index in [9.17, 15) is 0 Å². The zero-order valence-electron chi connectivity index (χ0n) is 14.1. The van der Waals surface area contributed by atoms with Crippen LogP contribution in [0.1, 0.15) is 0 Å². The van der Waals surface area contributed by atoms with E-state index in [0.29, 0.717) is 0 Å². The Bertz CT molecular complexity index is 878. The summed E-state index contributed by atoms with van der Waals surface area (Å²) in [6.07, 6.45) is 0. The molecular weight excluding hydrogens is 489 g/mol. The standard InChI is InChI=1S/2C12H9.Hg/c2*1-3-7-11(8-4-1)12-9-5-2-6-10-12;/h2*1-9H;. The van der Waals surface area contributed by atoms with Gasteiger partial charge >= 0.3 is 162 Å². The maximum absolute atomic E-state index is 2.34. The molecule has 0 atom stereocenters. The number of benzene rings is 4. The van der Waals surface area contributed by atoms with Crippen LogP contribution in [0.5, 0.6) is 0 Å². The molecule has 0 saturated carbocycles. The number of hydrogen-bond acceptors (Lipinski definition) is 0. The fourth-order valence-corrected chi connectivity index (χ4v) is 10.9. The summed E-state index contributed by atoms with van der Waals surface area (Å²) in [6.45, 7) is 0. The van der Waals surface area contributed by atoms with Crippen molar-refractivity contribution < 1.29 is 24.6 Å². The molecule has 0 bridgehead atoms. The summed E-state index contributed by atoms with van der Waals surface area (Å²) < 4.78 is 3.16. The summed E-state index contributed by atoms with van der Waals surface area (Å²) in [5, 5.41) is 0. The molecule has 25 heavy (non-hydrogen) atoms. The predicted octanol–water partition coefficient (Wildman–Crippen LogP) is 5.05. The van der Waals surface area contributed by atoms with Gasteiger partial charge in [-0.1, -0.05) is 0 Å². The molecule has 0 heterocycles. The van der Waals surface area contributed by atoms with Gasteiger partial charge in [0, 0.05) is 0 Å². The van der Waals surface area contributed by atoms with Gasteiger partial charge in [-0.2, -0.15) is 0 Å². The van der Waals surface area contributed by atoms with Crippen LogP contribution in [0.15, 0.2) is 109 Å². The van der Waals surface area contributed by atoms with Gasteiger partial charge in [-0.25, -0.2) is 0 Å². The Hall–Kier alpha value is -2.18. The van der Waals surface area contributed by atoms with E-state index in [-0.39, 0.29) is 0 Å². The van der Waals surface area contributed by atoms with Crippen LogP contribution in [0.2, 0.25) is 0 Å². The first kappa shape index (κ1) is 16.3. The number of hydrogen-bond donors (Lipinski definition) is 0. The van der Waals surface area contributed by atoms with Crippen molar-refractivity contribution in [1.82, 2.24) is 0 Å². The second-order valence-electron chi connectivity index (χ2n) is 6.22. The maximum atomic E-state index is 2.34. The van der Waals surface area contributed by atoms with Gasteiger partial charge in [0.05, 0.1) is 0 Å². The molecule has 116 valence electrons. The van der Waals surface area contributed by atoms with Crippen LogP contribution in [0.4, 0.5) is 0 Å². The average Bonchev–Trinajstić information content (AvgIpc) is 2.70. The van der Waals surface area contributed by atoms with Gasteiger partial charge in [0.1, 0.15) is 0 Å². The van der Waals surface area contributed by atoms with Crippen molar-refractivity contribution in [3.05, 3.63) is 109 Å². The van der Waals surface area contributed by atoms with Crippen LogP contribution in [0, 0.1) is 0 Å². The van der Waals surface area contributed by atoms with Crippen LogP contribution in [0.25, 0.3) is 22.3 Å². The van der Waals surface area contributed by atoms with Crippen molar-refractivity contribution in [2.24, 2.45) is 0 Å². The van der Waals surface area contributed by atoms with Crippen molar-refractivity contribution >= 4 is 6.14 Å². The molecular formula is C24H18Hg. The fourth-order valence-electron chi connectivity index (χ4n) is 3.35. The van der Waals surface area contributed by atoms with E-state index < -0.39 is 24.6 Å². The van der Waals surface area contributed by atoms with Crippen LogP contribution < -0.4 is 6.14 Å². The van der Waals surface area contributed by atoms with Crippen molar-refractivity contribution in [2.45, 2.75) is 0 Å². The molecule has 0 aliphatic rings. The van der Waals surface area contributed by atoms with E-state index in [2.05, 4.69) is 109 Å². The Morgan fingerprint density at radius 2 is 0.720 bits per heavy atom. The van der Waals surface area contributed by atoms with Gasteiger partial charge in [0.15, 0.2) is 0 Å². The molecule has 4 rings (SSSR count). The minimum absolute atomic E-state index is 1.33. The fraction of sp³-hybridized carbons (Fsp3) is 0. The summed E-state index contributed by atoms with van der Waals surface area (Å²) in [7, 11) is 0. The van der Waals surface area contributed by atoms with Crippen LogP contribution in [-0.2, 0) is 24.6 Å². The molecule has 0 radical (unpaired) electrons. The molecule has 0 N–H and O–H groups in total. The molecule has 0 spiro atoms. The Balaban J connectivity index is 1.76. The van der Waals surface area contributed by atoms with E-state index in [1.54, 1.807) is 6.14 Å². The third kappa shape index (κ3) is 3.75. The summed E-state index contributed by atoms with van der Waals surface area (Å²) in [5.74, 6) is 0. The summed E-state index contributed by atoms with van der Waals surface area (Å²) in [6, 6.07) is 39.5. The predicted molar refractivity (Wildman–Crippen MR) is 103 cm³/mol. The summed E-state index contributed by atoms with van der Waals surface area (Å²) >= 11 is -1.48. The SMILES string of the molecule is c1ccc(-c2cccc[c]2[Hg][c]2ccccc2-c2ccccc2)cc1. The van der Waals surface area contributed by atoms with Gasteiger partial charge in [-0.05, 0) is 0 Å². The van der Waals surface area contributed by atoms with Gasteiger partial charge < -0.3 is 0 Å². The molecule has 4 aromatic carbocycles. The van der Waals surface area contributed by atoms with E-state index in [1.807, 2.05) is 0 Å². The van der Waals surface area contributed by atoms with Crippen molar-refractivity contribution in [2.75, 3.05) is 0 Å². The van der Waals surface area contributed by atoms with Crippen LogP contribution in [-0.4, -0.2) is 0 Å². The summed E-state index contributed by atoms with van der Waals surface area (Å²) in [5.41, 5.74) is 5.48. The normalized spacial score (nSPS) is 10.2. The first-order chi connectivity index (χ1) is 12.4. The minimum atomic E-state index is -1.48. The number of rotatable bonds is 4. The zero-order chi connectivity index (χ0) is 16.9. The average molecular weight is 507 g/mol. The molecule has 0 amide bonds. The molecule has 4 aromatic rings. The third-order valence-electron chi connectivity index (χ3n) is 4.59. The van der Waals surface area contributed by atoms with E-state index in [0.717, 1.165) is 0 Å². The Morgan fingerprint density at radius 3 is 1.16 bits per heavy atom. The molecule has 0 unspecified atom stereocenters. The molecule has 0 nitrogen and oxygen atoms in total.